The van der Waals surface area contributed by atoms with Crippen LogP contribution in [0.2, 0.25) is 0 Å². The Bertz CT molecular complexity index is 847. The summed E-state index contributed by atoms with van der Waals surface area (Å²) in [5.74, 6) is -1.24. The molecule has 8 nitrogen and oxygen atoms in total. The molecule has 0 spiro atoms. The largest absolute Gasteiger partial charge is 0.481 e. The molecule has 1 unspecified atom stereocenters. The molecule has 1 atom stereocenters. The first-order chi connectivity index (χ1) is 12.1. The SMILES string of the molecule is CC(C)=CCC1(C(=O)O)CCCN(C(=O)Cn2cc(C)c(=O)[nH]c2=O)C1. The van der Waals surface area contributed by atoms with E-state index in [9.17, 15) is 24.3 Å². The molecule has 0 radical (unpaired) electrons. The Morgan fingerprint density at radius 2 is 2.04 bits per heavy atom. The molecule has 26 heavy (non-hydrogen) atoms. The van der Waals surface area contributed by atoms with Crippen LogP contribution in [0.15, 0.2) is 27.4 Å². The number of aryl methyl sites for hydroxylation is 1. The quantitative estimate of drug-likeness (QED) is 0.755. The average molecular weight is 363 g/mol. The number of likely N-dealkylation sites (tertiary alicyclic amines) is 1. The van der Waals surface area contributed by atoms with E-state index in [0.717, 1.165) is 10.1 Å². The number of carbonyl (C=O) groups excluding carboxylic acids is 1. The third-order valence-electron chi connectivity index (χ3n) is 4.78. The van der Waals surface area contributed by atoms with Gasteiger partial charge in [0.05, 0.1) is 5.41 Å². The third kappa shape index (κ3) is 4.30. The Hall–Kier alpha value is -2.64. The summed E-state index contributed by atoms with van der Waals surface area (Å²) in [6.07, 6.45) is 4.70. The number of nitrogens with one attached hydrogen (secondary N) is 1. The lowest BCUT2D eigenvalue weighted by Gasteiger charge is -2.39. The number of carboxylic acid groups (broad SMARTS) is 1. The van der Waals surface area contributed by atoms with E-state index < -0.39 is 22.6 Å². The van der Waals surface area contributed by atoms with Crippen LogP contribution in [0.1, 0.15) is 38.7 Å². The van der Waals surface area contributed by atoms with Gasteiger partial charge in [-0.3, -0.25) is 23.9 Å². The number of aliphatic carboxylic acids is 1. The minimum Gasteiger partial charge on any atom is -0.481 e. The van der Waals surface area contributed by atoms with Gasteiger partial charge in [-0.15, -0.1) is 0 Å². The maximum atomic E-state index is 12.6. The van der Waals surface area contributed by atoms with Gasteiger partial charge in [0.1, 0.15) is 6.54 Å². The van der Waals surface area contributed by atoms with E-state index in [1.165, 1.54) is 11.1 Å². The molecule has 1 aromatic heterocycles. The summed E-state index contributed by atoms with van der Waals surface area (Å²) < 4.78 is 1.15. The van der Waals surface area contributed by atoms with Gasteiger partial charge in [-0.1, -0.05) is 11.6 Å². The van der Waals surface area contributed by atoms with Crippen molar-refractivity contribution in [3.05, 3.63) is 44.2 Å². The lowest BCUT2D eigenvalue weighted by molar-refractivity contribution is -0.154. The van der Waals surface area contributed by atoms with Crippen LogP contribution in [-0.4, -0.2) is 44.5 Å². The topological polar surface area (TPSA) is 112 Å². The number of aromatic nitrogens is 2. The molecule has 1 aromatic rings. The molecule has 0 saturated carbocycles. The van der Waals surface area contributed by atoms with Gasteiger partial charge in [-0.25, -0.2) is 4.79 Å². The van der Waals surface area contributed by atoms with Crippen molar-refractivity contribution in [1.29, 1.82) is 0 Å². The van der Waals surface area contributed by atoms with Crippen LogP contribution in [0, 0.1) is 12.3 Å². The van der Waals surface area contributed by atoms with Gasteiger partial charge in [0.15, 0.2) is 0 Å². The lowest BCUT2D eigenvalue weighted by atomic mass is 9.76. The molecule has 0 aromatic carbocycles. The number of H-pyrrole nitrogens is 1. The van der Waals surface area contributed by atoms with Crippen molar-refractivity contribution in [3.8, 4) is 0 Å². The molecule has 1 fully saturated rings. The second-order valence-corrected chi connectivity index (χ2v) is 7.19. The van der Waals surface area contributed by atoms with E-state index in [1.807, 2.05) is 19.9 Å². The van der Waals surface area contributed by atoms with Crippen LogP contribution in [0.4, 0.5) is 0 Å². The minimum atomic E-state index is -1.00. The monoisotopic (exact) mass is 363 g/mol. The molecule has 2 heterocycles. The fraction of sp³-hybridized carbons (Fsp3) is 0.556. The van der Waals surface area contributed by atoms with Crippen LogP contribution in [0.3, 0.4) is 0 Å². The highest BCUT2D eigenvalue weighted by Gasteiger charge is 2.42. The summed E-state index contributed by atoms with van der Waals surface area (Å²) in [4.78, 5) is 51.5. The van der Waals surface area contributed by atoms with E-state index in [1.54, 1.807) is 6.92 Å². The average Bonchev–Trinajstić information content (AvgIpc) is 2.57. The van der Waals surface area contributed by atoms with Crippen LogP contribution >= 0.6 is 0 Å². The Labute approximate surface area is 151 Å². The van der Waals surface area contributed by atoms with E-state index in [-0.39, 0.29) is 19.0 Å². The molecule has 1 amide bonds. The number of carbonyl (C=O) groups is 2. The lowest BCUT2D eigenvalue weighted by Crippen LogP contribution is -2.51. The highest BCUT2D eigenvalue weighted by Crippen LogP contribution is 2.35. The van der Waals surface area contributed by atoms with Crippen molar-refractivity contribution in [2.75, 3.05) is 13.1 Å². The Kier molecular flexibility index (Phi) is 5.84. The van der Waals surface area contributed by atoms with Crippen LogP contribution in [0.5, 0.6) is 0 Å². The van der Waals surface area contributed by atoms with Crippen molar-refractivity contribution in [2.24, 2.45) is 5.41 Å². The maximum absolute atomic E-state index is 12.6. The zero-order valence-electron chi connectivity index (χ0n) is 15.4. The standard InChI is InChI=1S/C18H25N3O5/c1-12(2)5-7-18(16(24)25)6-4-8-20(11-18)14(22)10-21-9-13(3)15(23)19-17(21)26/h5,9H,4,6-8,10-11H2,1-3H3,(H,24,25)(H,19,23,26). The van der Waals surface area contributed by atoms with E-state index in [2.05, 4.69) is 4.98 Å². The van der Waals surface area contributed by atoms with Crippen molar-refractivity contribution in [2.45, 2.75) is 46.6 Å². The summed E-state index contributed by atoms with van der Waals surface area (Å²) in [6.45, 7) is 5.71. The Morgan fingerprint density at radius 1 is 1.35 bits per heavy atom. The van der Waals surface area contributed by atoms with Gasteiger partial charge in [0.25, 0.3) is 5.56 Å². The molecular weight excluding hydrogens is 338 g/mol. The van der Waals surface area contributed by atoms with Crippen molar-refractivity contribution >= 4 is 11.9 Å². The summed E-state index contributed by atoms with van der Waals surface area (Å²) in [5.41, 5.74) is -0.774. The van der Waals surface area contributed by atoms with Crippen LogP contribution < -0.4 is 11.2 Å². The molecule has 0 aliphatic carbocycles. The molecule has 142 valence electrons. The second kappa shape index (κ2) is 7.72. The number of carboxylic acids is 1. The van der Waals surface area contributed by atoms with Crippen LogP contribution in [0.25, 0.3) is 0 Å². The van der Waals surface area contributed by atoms with Gasteiger partial charge in [-0.2, -0.15) is 0 Å². The first-order valence-corrected chi connectivity index (χ1v) is 8.59. The molecule has 2 rings (SSSR count). The number of hydrogen-bond donors (Lipinski definition) is 2. The summed E-state index contributed by atoms with van der Waals surface area (Å²) in [7, 11) is 0. The molecule has 1 aliphatic rings. The predicted molar refractivity (Wildman–Crippen MR) is 96.0 cm³/mol. The number of rotatable bonds is 5. The van der Waals surface area contributed by atoms with Crippen molar-refractivity contribution in [1.82, 2.24) is 14.5 Å². The number of nitrogens with zero attached hydrogens (tertiary/aromatic N) is 2. The number of allylic oxidation sites excluding steroid dienone is 2. The zero-order chi connectivity index (χ0) is 19.5. The van der Waals surface area contributed by atoms with Gasteiger partial charge in [0.2, 0.25) is 5.91 Å². The van der Waals surface area contributed by atoms with E-state index in [4.69, 9.17) is 0 Å². The van der Waals surface area contributed by atoms with Crippen molar-refractivity contribution < 1.29 is 14.7 Å². The second-order valence-electron chi connectivity index (χ2n) is 7.19. The highest BCUT2D eigenvalue weighted by molar-refractivity contribution is 5.79. The third-order valence-corrected chi connectivity index (χ3v) is 4.78. The molecule has 1 aliphatic heterocycles. The first kappa shape index (κ1) is 19.7. The molecule has 0 bridgehead atoms. The van der Waals surface area contributed by atoms with Gasteiger partial charge < -0.3 is 10.0 Å². The molecule has 1 saturated heterocycles. The molecular formula is C18H25N3O5. The van der Waals surface area contributed by atoms with Crippen molar-refractivity contribution in [3.63, 3.8) is 0 Å². The first-order valence-electron chi connectivity index (χ1n) is 8.59. The predicted octanol–water partition coefficient (Wildman–Crippen LogP) is 0.895. The van der Waals surface area contributed by atoms with Crippen LogP contribution in [-0.2, 0) is 16.1 Å². The maximum Gasteiger partial charge on any atom is 0.328 e. The van der Waals surface area contributed by atoms with E-state index >= 15 is 0 Å². The highest BCUT2D eigenvalue weighted by atomic mass is 16.4. The molecule has 2 N–H and O–H groups in total. The number of hydrogen-bond acceptors (Lipinski definition) is 4. The Morgan fingerprint density at radius 3 is 2.65 bits per heavy atom. The summed E-state index contributed by atoms with van der Waals surface area (Å²) in [5, 5.41) is 9.74. The smallest absolute Gasteiger partial charge is 0.328 e. The number of aromatic amines is 1. The minimum absolute atomic E-state index is 0.113. The number of amides is 1. The zero-order valence-corrected chi connectivity index (χ0v) is 15.4. The van der Waals surface area contributed by atoms with Gasteiger partial charge in [0, 0.05) is 24.8 Å². The van der Waals surface area contributed by atoms with E-state index in [0.29, 0.717) is 31.4 Å². The fourth-order valence-electron chi connectivity index (χ4n) is 3.15. The summed E-state index contributed by atoms with van der Waals surface area (Å²) in [6, 6.07) is 0. The number of piperidine rings is 1. The van der Waals surface area contributed by atoms with Gasteiger partial charge in [-0.05, 0) is 40.0 Å². The van der Waals surface area contributed by atoms with Gasteiger partial charge >= 0.3 is 11.7 Å². The normalized spacial score (nSPS) is 19.9. The fourth-order valence-corrected chi connectivity index (χ4v) is 3.15. The molecule has 8 heteroatoms. The Balaban J connectivity index is 2.20. The summed E-state index contributed by atoms with van der Waals surface area (Å²) >= 11 is 0.